The van der Waals surface area contributed by atoms with Crippen LogP contribution >= 0.6 is 0 Å². The Labute approximate surface area is 164 Å². The molecule has 1 saturated heterocycles. The molecule has 1 unspecified atom stereocenters. The third-order valence-corrected chi connectivity index (χ3v) is 5.58. The van der Waals surface area contributed by atoms with Crippen LogP contribution in [0.3, 0.4) is 0 Å². The van der Waals surface area contributed by atoms with Gasteiger partial charge in [-0.15, -0.1) is 0 Å². The van der Waals surface area contributed by atoms with Gasteiger partial charge in [-0.1, -0.05) is 54.6 Å². The van der Waals surface area contributed by atoms with Gasteiger partial charge in [0.05, 0.1) is 11.6 Å². The SMILES string of the molecule is O=C(O)c1ccc(CCC(=O)N2CCCC2c2cccc3ccccc23)cc1. The number of benzene rings is 3. The number of carbonyl (C=O) groups is 2. The molecule has 1 fully saturated rings. The summed E-state index contributed by atoms with van der Waals surface area (Å²) in [7, 11) is 0. The maximum Gasteiger partial charge on any atom is 0.335 e. The van der Waals surface area contributed by atoms with Crippen LogP contribution in [0.2, 0.25) is 0 Å². The number of aromatic carboxylic acids is 1. The summed E-state index contributed by atoms with van der Waals surface area (Å²) in [6.07, 6.45) is 3.07. The number of carbonyl (C=O) groups excluding carboxylic acids is 1. The lowest BCUT2D eigenvalue weighted by Gasteiger charge is -2.26. The molecule has 0 saturated carbocycles. The zero-order valence-electron chi connectivity index (χ0n) is 15.7. The van der Waals surface area contributed by atoms with Crippen LogP contribution in [-0.2, 0) is 11.2 Å². The Morgan fingerprint density at radius 3 is 2.50 bits per heavy atom. The molecule has 3 aromatic rings. The van der Waals surface area contributed by atoms with Gasteiger partial charge in [-0.25, -0.2) is 4.79 Å². The zero-order valence-corrected chi connectivity index (χ0v) is 15.7. The summed E-state index contributed by atoms with van der Waals surface area (Å²) in [4.78, 5) is 25.9. The minimum Gasteiger partial charge on any atom is -0.478 e. The van der Waals surface area contributed by atoms with Gasteiger partial charge < -0.3 is 10.0 Å². The molecule has 1 aliphatic heterocycles. The predicted molar refractivity (Wildman–Crippen MR) is 109 cm³/mol. The van der Waals surface area contributed by atoms with E-state index in [-0.39, 0.29) is 17.5 Å². The summed E-state index contributed by atoms with van der Waals surface area (Å²) in [5.41, 5.74) is 2.49. The second-order valence-electron chi connectivity index (χ2n) is 7.32. The number of carboxylic acids is 1. The average molecular weight is 373 g/mol. The summed E-state index contributed by atoms with van der Waals surface area (Å²) in [6, 6.07) is 21.6. The van der Waals surface area contributed by atoms with E-state index in [1.165, 1.54) is 16.3 Å². The molecule has 0 bridgehead atoms. The highest BCUT2D eigenvalue weighted by Crippen LogP contribution is 2.36. The van der Waals surface area contributed by atoms with Gasteiger partial charge in [0.25, 0.3) is 0 Å². The van der Waals surface area contributed by atoms with E-state index in [9.17, 15) is 9.59 Å². The molecule has 1 aliphatic rings. The number of amides is 1. The van der Waals surface area contributed by atoms with E-state index in [1.54, 1.807) is 24.3 Å². The van der Waals surface area contributed by atoms with Crippen LogP contribution in [0.4, 0.5) is 0 Å². The Morgan fingerprint density at radius 2 is 1.71 bits per heavy atom. The highest BCUT2D eigenvalue weighted by atomic mass is 16.4. The lowest BCUT2D eigenvalue weighted by molar-refractivity contribution is -0.132. The molecule has 28 heavy (non-hydrogen) atoms. The van der Waals surface area contributed by atoms with E-state index in [0.717, 1.165) is 24.9 Å². The normalized spacial score (nSPS) is 16.4. The topological polar surface area (TPSA) is 57.6 Å². The van der Waals surface area contributed by atoms with E-state index in [0.29, 0.717) is 12.8 Å². The average Bonchev–Trinajstić information content (AvgIpc) is 3.21. The van der Waals surface area contributed by atoms with Crippen molar-refractivity contribution in [2.75, 3.05) is 6.54 Å². The molecule has 4 nitrogen and oxygen atoms in total. The Kier molecular flexibility index (Phi) is 5.11. The van der Waals surface area contributed by atoms with Crippen molar-refractivity contribution in [2.24, 2.45) is 0 Å². The van der Waals surface area contributed by atoms with Crippen LogP contribution in [0.1, 0.15) is 46.8 Å². The lowest BCUT2D eigenvalue weighted by Crippen LogP contribution is -2.30. The summed E-state index contributed by atoms with van der Waals surface area (Å²) < 4.78 is 0. The van der Waals surface area contributed by atoms with E-state index in [1.807, 2.05) is 17.0 Å². The molecule has 0 spiro atoms. The number of hydrogen-bond acceptors (Lipinski definition) is 2. The molecule has 0 aromatic heterocycles. The van der Waals surface area contributed by atoms with Crippen LogP contribution in [0.15, 0.2) is 66.7 Å². The van der Waals surface area contributed by atoms with Gasteiger partial charge in [0.15, 0.2) is 0 Å². The predicted octanol–water partition coefficient (Wildman–Crippen LogP) is 4.83. The van der Waals surface area contributed by atoms with Gasteiger partial charge in [0.1, 0.15) is 0 Å². The van der Waals surface area contributed by atoms with E-state index in [4.69, 9.17) is 5.11 Å². The van der Waals surface area contributed by atoms with Gasteiger partial charge in [0.2, 0.25) is 5.91 Å². The van der Waals surface area contributed by atoms with Gasteiger partial charge in [-0.3, -0.25) is 4.79 Å². The van der Waals surface area contributed by atoms with Crippen molar-refractivity contribution in [3.05, 3.63) is 83.4 Å². The first-order chi connectivity index (χ1) is 13.6. The highest BCUT2D eigenvalue weighted by molar-refractivity contribution is 5.88. The third-order valence-electron chi connectivity index (χ3n) is 5.58. The van der Waals surface area contributed by atoms with Crippen molar-refractivity contribution in [1.82, 2.24) is 4.90 Å². The lowest BCUT2D eigenvalue weighted by atomic mass is 9.97. The molecule has 1 amide bonds. The van der Waals surface area contributed by atoms with Gasteiger partial charge in [-0.2, -0.15) is 0 Å². The first kappa shape index (κ1) is 18.2. The van der Waals surface area contributed by atoms with E-state index < -0.39 is 5.97 Å². The van der Waals surface area contributed by atoms with Crippen molar-refractivity contribution in [1.29, 1.82) is 0 Å². The molecule has 4 rings (SSSR count). The van der Waals surface area contributed by atoms with Gasteiger partial charge in [-0.05, 0) is 53.3 Å². The Morgan fingerprint density at radius 1 is 0.964 bits per heavy atom. The summed E-state index contributed by atoms with van der Waals surface area (Å²) in [6.45, 7) is 0.796. The quantitative estimate of drug-likeness (QED) is 0.697. The van der Waals surface area contributed by atoms with E-state index >= 15 is 0 Å². The summed E-state index contributed by atoms with van der Waals surface area (Å²) >= 11 is 0. The van der Waals surface area contributed by atoms with Crippen molar-refractivity contribution in [2.45, 2.75) is 31.7 Å². The van der Waals surface area contributed by atoms with Crippen molar-refractivity contribution < 1.29 is 14.7 Å². The van der Waals surface area contributed by atoms with Crippen molar-refractivity contribution in [3.8, 4) is 0 Å². The molecule has 1 heterocycles. The number of rotatable bonds is 5. The molecule has 142 valence electrons. The van der Waals surface area contributed by atoms with Crippen LogP contribution in [0.25, 0.3) is 10.8 Å². The molecular weight excluding hydrogens is 350 g/mol. The number of aryl methyl sites for hydroxylation is 1. The first-order valence-corrected chi connectivity index (χ1v) is 9.73. The number of hydrogen-bond donors (Lipinski definition) is 1. The number of carboxylic acid groups (broad SMARTS) is 1. The smallest absolute Gasteiger partial charge is 0.335 e. The molecular formula is C24H23NO3. The van der Waals surface area contributed by atoms with Crippen LogP contribution in [-0.4, -0.2) is 28.4 Å². The summed E-state index contributed by atoms with van der Waals surface area (Å²) in [5, 5.41) is 11.4. The molecule has 3 aromatic carbocycles. The second-order valence-corrected chi connectivity index (χ2v) is 7.32. The van der Waals surface area contributed by atoms with Crippen LogP contribution in [0.5, 0.6) is 0 Å². The Bertz CT molecular complexity index is 1000. The number of fused-ring (bicyclic) bond motifs is 1. The van der Waals surface area contributed by atoms with Crippen molar-refractivity contribution in [3.63, 3.8) is 0 Å². The molecule has 1 atom stereocenters. The number of likely N-dealkylation sites (tertiary alicyclic amines) is 1. The Hall–Kier alpha value is -3.14. The monoisotopic (exact) mass is 373 g/mol. The minimum atomic E-state index is -0.933. The number of nitrogens with zero attached hydrogens (tertiary/aromatic N) is 1. The van der Waals surface area contributed by atoms with Crippen LogP contribution in [0, 0.1) is 0 Å². The van der Waals surface area contributed by atoms with Crippen molar-refractivity contribution >= 4 is 22.6 Å². The zero-order chi connectivity index (χ0) is 19.5. The fraction of sp³-hybridized carbons (Fsp3) is 0.250. The minimum absolute atomic E-state index is 0.132. The molecule has 4 heteroatoms. The molecule has 0 radical (unpaired) electrons. The standard InChI is InChI=1S/C24H23NO3/c26-23(15-12-17-10-13-19(14-11-17)24(27)28)25-16-4-9-22(25)21-8-3-6-18-5-1-2-7-20(18)21/h1-3,5-8,10-11,13-14,22H,4,9,12,15-16H2,(H,27,28). The Balaban J connectivity index is 1.48. The fourth-order valence-corrected chi connectivity index (χ4v) is 4.14. The fourth-order valence-electron chi connectivity index (χ4n) is 4.14. The third kappa shape index (κ3) is 3.63. The van der Waals surface area contributed by atoms with E-state index in [2.05, 4.69) is 30.3 Å². The maximum absolute atomic E-state index is 12.9. The second kappa shape index (κ2) is 7.85. The molecule has 1 N–H and O–H groups in total. The maximum atomic E-state index is 12.9. The van der Waals surface area contributed by atoms with Crippen LogP contribution < -0.4 is 0 Å². The van der Waals surface area contributed by atoms with Gasteiger partial charge in [0, 0.05) is 13.0 Å². The largest absolute Gasteiger partial charge is 0.478 e. The first-order valence-electron chi connectivity index (χ1n) is 9.73. The highest BCUT2D eigenvalue weighted by Gasteiger charge is 2.30. The molecule has 0 aliphatic carbocycles. The van der Waals surface area contributed by atoms with Gasteiger partial charge >= 0.3 is 5.97 Å². The summed E-state index contributed by atoms with van der Waals surface area (Å²) in [5.74, 6) is -0.768.